The van der Waals surface area contributed by atoms with Crippen molar-refractivity contribution in [3.05, 3.63) is 0 Å². The minimum absolute atomic E-state index is 0.0292. The molecule has 1 fully saturated rings. The van der Waals surface area contributed by atoms with E-state index < -0.39 is 6.16 Å². The predicted molar refractivity (Wildman–Crippen MR) is 62.4 cm³/mol. The second-order valence-electron chi connectivity index (χ2n) is 4.79. The van der Waals surface area contributed by atoms with Crippen molar-refractivity contribution in [2.24, 2.45) is 5.92 Å². The molecule has 0 aliphatic heterocycles. The molecule has 1 saturated carbocycles. The molecule has 0 aromatic carbocycles. The predicted octanol–water partition coefficient (Wildman–Crippen LogP) is 2.33. The number of rotatable bonds is 4. The SMILES string of the molecule is CNC1CCCCC1OC(=O)OCC(C)C. The molecule has 0 radical (unpaired) electrons. The van der Waals surface area contributed by atoms with Gasteiger partial charge in [-0.25, -0.2) is 4.79 Å². The molecule has 2 atom stereocenters. The van der Waals surface area contributed by atoms with Gasteiger partial charge in [0.15, 0.2) is 0 Å². The lowest BCUT2D eigenvalue weighted by Crippen LogP contribution is -2.42. The third kappa shape index (κ3) is 4.39. The van der Waals surface area contributed by atoms with E-state index in [0.717, 1.165) is 19.3 Å². The van der Waals surface area contributed by atoms with Gasteiger partial charge in [0.2, 0.25) is 0 Å². The van der Waals surface area contributed by atoms with Gasteiger partial charge in [-0.05, 0) is 32.2 Å². The average molecular weight is 229 g/mol. The maximum absolute atomic E-state index is 11.4. The number of nitrogens with one attached hydrogen (secondary N) is 1. The van der Waals surface area contributed by atoms with Gasteiger partial charge in [0.1, 0.15) is 6.10 Å². The highest BCUT2D eigenvalue weighted by Gasteiger charge is 2.27. The quantitative estimate of drug-likeness (QED) is 0.752. The van der Waals surface area contributed by atoms with E-state index in [9.17, 15) is 4.79 Å². The summed E-state index contributed by atoms with van der Waals surface area (Å²) in [6.45, 7) is 4.43. The maximum atomic E-state index is 11.4. The van der Waals surface area contributed by atoms with Gasteiger partial charge in [-0.3, -0.25) is 0 Å². The molecule has 0 heterocycles. The summed E-state index contributed by atoms with van der Waals surface area (Å²) < 4.78 is 10.3. The van der Waals surface area contributed by atoms with Gasteiger partial charge in [0.05, 0.1) is 6.61 Å². The molecule has 0 amide bonds. The number of carbonyl (C=O) groups excluding carboxylic acids is 1. The molecule has 1 N–H and O–H groups in total. The molecular weight excluding hydrogens is 206 g/mol. The highest BCUT2D eigenvalue weighted by molar-refractivity contribution is 5.60. The second kappa shape index (κ2) is 6.74. The third-order valence-electron chi connectivity index (χ3n) is 2.86. The van der Waals surface area contributed by atoms with E-state index in [1.165, 1.54) is 6.42 Å². The van der Waals surface area contributed by atoms with Gasteiger partial charge >= 0.3 is 6.16 Å². The largest absolute Gasteiger partial charge is 0.508 e. The van der Waals surface area contributed by atoms with E-state index in [4.69, 9.17) is 9.47 Å². The first-order valence-corrected chi connectivity index (χ1v) is 6.14. The fraction of sp³-hybridized carbons (Fsp3) is 0.917. The van der Waals surface area contributed by atoms with Crippen LogP contribution in [0.15, 0.2) is 0 Å². The van der Waals surface area contributed by atoms with E-state index >= 15 is 0 Å². The van der Waals surface area contributed by atoms with Crippen LogP contribution in [0.1, 0.15) is 39.5 Å². The number of carbonyl (C=O) groups is 1. The fourth-order valence-electron chi connectivity index (χ4n) is 1.96. The summed E-state index contributed by atoms with van der Waals surface area (Å²) in [5.74, 6) is 0.346. The Kier molecular flexibility index (Phi) is 5.60. The molecule has 16 heavy (non-hydrogen) atoms. The zero-order chi connectivity index (χ0) is 12.0. The van der Waals surface area contributed by atoms with Crippen LogP contribution in [0.25, 0.3) is 0 Å². The first kappa shape index (κ1) is 13.3. The van der Waals surface area contributed by atoms with Crippen LogP contribution in [-0.4, -0.2) is 32.0 Å². The topological polar surface area (TPSA) is 47.6 Å². The van der Waals surface area contributed by atoms with Crippen LogP contribution in [0.5, 0.6) is 0 Å². The number of likely N-dealkylation sites (N-methyl/N-ethyl adjacent to an activating group) is 1. The van der Waals surface area contributed by atoms with Crippen molar-refractivity contribution in [1.82, 2.24) is 5.32 Å². The van der Waals surface area contributed by atoms with Gasteiger partial charge in [0.25, 0.3) is 0 Å². The lowest BCUT2D eigenvalue weighted by atomic mass is 9.93. The minimum atomic E-state index is -0.527. The molecule has 2 unspecified atom stereocenters. The summed E-state index contributed by atoms with van der Waals surface area (Å²) in [5.41, 5.74) is 0. The molecule has 0 aromatic heterocycles. The van der Waals surface area contributed by atoms with Crippen molar-refractivity contribution in [2.45, 2.75) is 51.7 Å². The van der Waals surface area contributed by atoms with E-state index in [1.807, 2.05) is 20.9 Å². The first-order valence-electron chi connectivity index (χ1n) is 6.14. The molecule has 0 spiro atoms. The van der Waals surface area contributed by atoms with Crippen molar-refractivity contribution in [2.75, 3.05) is 13.7 Å². The minimum Gasteiger partial charge on any atom is -0.434 e. The summed E-state index contributed by atoms with van der Waals surface area (Å²) in [6.07, 6.45) is 3.77. The van der Waals surface area contributed by atoms with Crippen molar-refractivity contribution in [3.8, 4) is 0 Å². The zero-order valence-electron chi connectivity index (χ0n) is 10.5. The molecule has 1 rings (SSSR count). The molecule has 4 heteroatoms. The Hall–Kier alpha value is -0.770. The van der Waals surface area contributed by atoms with Gasteiger partial charge < -0.3 is 14.8 Å². The van der Waals surface area contributed by atoms with E-state index in [2.05, 4.69) is 5.32 Å². The normalized spacial score (nSPS) is 25.5. The van der Waals surface area contributed by atoms with E-state index in [-0.39, 0.29) is 12.1 Å². The summed E-state index contributed by atoms with van der Waals surface area (Å²) >= 11 is 0. The highest BCUT2D eigenvalue weighted by atomic mass is 16.7. The molecular formula is C12H23NO3. The van der Waals surface area contributed by atoms with Crippen LogP contribution in [0.2, 0.25) is 0 Å². The molecule has 1 aliphatic carbocycles. The summed E-state index contributed by atoms with van der Waals surface area (Å²) in [5, 5.41) is 3.19. The van der Waals surface area contributed by atoms with Crippen molar-refractivity contribution < 1.29 is 14.3 Å². The molecule has 0 aromatic rings. The summed E-state index contributed by atoms with van der Waals surface area (Å²) in [6, 6.07) is 0.278. The number of ether oxygens (including phenoxy) is 2. The first-order chi connectivity index (χ1) is 7.63. The molecule has 94 valence electrons. The smallest absolute Gasteiger partial charge is 0.434 e. The van der Waals surface area contributed by atoms with Gasteiger partial charge in [-0.2, -0.15) is 0 Å². The van der Waals surface area contributed by atoms with E-state index in [1.54, 1.807) is 0 Å². The van der Waals surface area contributed by atoms with Crippen LogP contribution in [0.4, 0.5) is 4.79 Å². The Morgan fingerprint density at radius 3 is 2.69 bits per heavy atom. The van der Waals surface area contributed by atoms with Crippen LogP contribution in [0, 0.1) is 5.92 Å². The summed E-state index contributed by atoms with van der Waals surface area (Å²) in [7, 11) is 1.91. The fourth-order valence-corrected chi connectivity index (χ4v) is 1.96. The van der Waals surface area contributed by atoms with Gasteiger partial charge in [-0.1, -0.05) is 20.3 Å². The van der Waals surface area contributed by atoms with Gasteiger partial charge in [0, 0.05) is 6.04 Å². The third-order valence-corrected chi connectivity index (χ3v) is 2.86. The Morgan fingerprint density at radius 2 is 2.06 bits per heavy atom. The lowest BCUT2D eigenvalue weighted by molar-refractivity contribution is -0.00506. The van der Waals surface area contributed by atoms with Crippen LogP contribution in [0.3, 0.4) is 0 Å². The zero-order valence-corrected chi connectivity index (χ0v) is 10.5. The second-order valence-corrected chi connectivity index (χ2v) is 4.79. The van der Waals surface area contributed by atoms with Crippen molar-refractivity contribution in [3.63, 3.8) is 0 Å². The van der Waals surface area contributed by atoms with Gasteiger partial charge in [-0.15, -0.1) is 0 Å². The van der Waals surface area contributed by atoms with Crippen LogP contribution in [-0.2, 0) is 9.47 Å². The van der Waals surface area contributed by atoms with Crippen LogP contribution >= 0.6 is 0 Å². The van der Waals surface area contributed by atoms with Crippen LogP contribution < -0.4 is 5.32 Å². The van der Waals surface area contributed by atoms with E-state index in [0.29, 0.717) is 12.5 Å². The number of hydrogen-bond acceptors (Lipinski definition) is 4. The monoisotopic (exact) mass is 229 g/mol. The number of hydrogen-bond donors (Lipinski definition) is 1. The molecule has 4 nitrogen and oxygen atoms in total. The lowest BCUT2D eigenvalue weighted by Gasteiger charge is -2.30. The average Bonchev–Trinajstić information content (AvgIpc) is 2.27. The Labute approximate surface area is 97.7 Å². The summed E-state index contributed by atoms with van der Waals surface area (Å²) in [4.78, 5) is 11.4. The molecule has 1 aliphatic rings. The van der Waals surface area contributed by atoms with Crippen molar-refractivity contribution >= 4 is 6.16 Å². The Balaban J connectivity index is 2.30. The highest BCUT2D eigenvalue weighted by Crippen LogP contribution is 2.21. The Bertz CT molecular complexity index is 218. The molecule has 0 saturated heterocycles. The van der Waals surface area contributed by atoms with Crippen molar-refractivity contribution in [1.29, 1.82) is 0 Å². The standard InChI is InChI=1S/C12H23NO3/c1-9(2)8-15-12(14)16-11-7-5-4-6-10(11)13-3/h9-11,13H,4-8H2,1-3H3. The Morgan fingerprint density at radius 1 is 1.38 bits per heavy atom. The molecule has 0 bridgehead atoms. The maximum Gasteiger partial charge on any atom is 0.508 e.